The van der Waals surface area contributed by atoms with Crippen molar-refractivity contribution in [2.45, 2.75) is 142 Å². The van der Waals surface area contributed by atoms with Crippen LogP contribution in [0.3, 0.4) is 0 Å². The van der Waals surface area contributed by atoms with Crippen molar-refractivity contribution in [1.82, 2.24) is 0 Å². The molecule has 0 bridgehead atoms. The van der Waals surface area contributed by atoms with Gasteiger partial charge in [-0.2, -0.15) is 0 Å². The summed E-state index contributed by atoms with van der Waals surface area (Å²) in [5.41, 5.74) is 0. The van der Waals surface area contributed by atoms with Crippen LogP contribution in [0.25, 0.3) is 0 Å². The van der Waals surface area contributed by atoms with Crippen LogP contribution in [0.5, 0.6) is 0 Å². The number of hydrogen-bond acceptors (Lipinski definition) is 7. The van der Waals surface area contributed by atoms with Gasteiger partial charge >= 0.3 is 19.8 Å². The molecule has 0 rings (SSSR count). The van der Waals surface area contributed by atoms with Crippen LogP contribution in [0.2, 0.25) is 0 Å². The molecule has 0 spiro atoms. The quantitative estimate of drug-likeness (QED) is 0.0278. The van der Waals surface area contributed by atoms with Crippen molar-refractivity contribution in [3.05, 3.63) is 231 Å². The van der Waals surface area contributed by atoms with Crippen molar-refractivity contribution in [3.8, 4) is 0 Å². The van der Waals surface area contributed by atoms with Crippen molar-refractivity contribution in [2.75, 3.05) is 47.5 Å². The van der Waals surface area contributed by atoms with E-state index in [4.69, 9.17) is 18.5 Å². The summed E-state index contributed by atoms with van der Waals surface area (Å²) in [6, 6.07) is 0. The fraction of sp³-hybridized carbons (Fsp3) is 0.420. The fourth-order valence-electron chi connectivity index (χ4n) is 6.29. The Morgan fingerprint density at radius 1 is 0.367 bits per heavy atom. The standard InChI is InChI=1S/C69H100NO8P/c1-6-8-10-12-14-16-18-20-22-24-26-28-30-32-34-35-36-38-39-41-43-45-47-49-51-53-55-57-59-61-68(71)75-65-67(66-77-79(73,74)76-64-63-70(3,4)5)78-69(72)62-60-58-56-54-52-50-48-46-44-42-40-37-33-31-29-27-25-23-21-19-17-15-13-11-9-7-2/h6-9,12-15,18-21,24-27,30-33,35-36,39-42,45-48,51-54,57-60,67H,10-11,16-17,22-23,28-29,34,37-38,43-44,49-50,55-56,61-66H2,1-5H3/p+1/t67-/m1/s1. The highest BCUT2D eigenvalue weighted by molar-refractivity contribution is 7.47. The molecule has 0 aliphatic carbocycles. The van der Waals surface area contributed by atoms with E-state index in [2.05, 4.69) is 194 Å². The number of allylic oxidation sites excluding steroid dienone is 36. The Morgan fingerprint density at radius 3 is 0.861 bits per heavy atom. The lowest BCUT2D eigenvalue weighted by Crippen LogP contribution is -2.37. The van der Waals surface area contributed by atoms with E-state index in [9.17, 15) is 19.0 Å². The molecule has 10 heteroatoms. The monoisotopic (exact) mass is 1100 g/mol. The second-order valence-corrected chi connectivity index (χ2v) is 20.4. The van der Waals surface area contributed by atoms with E-state index >= 15 is 0 Å². The van der Waals surface area contributed by atoms with Gasteiger partial charge in [0.25, 0.3) is 0 Å². The van der Waals surface area contributed by atoms with Crippen molar-refractivity contribution < 1.29 is 42.1 Å². The Morgan fingerprint density at radius 2 is 0.608 bits per heavy atom. The van der Waals surface area contributed by atoms with Crippen molar-refractivity contribution in [1.29, 1.82) is 0 Å². The van der Waals surface area contributed by atoms with Gasteiger partial charge in [0.15, 0.2) is 6.10 Å². The molecule has 434 valence electrons. The average molecular weight is 1100 g/mol. The summed E-state index contributed by atoms with van der Waals surface area (Å²) in [4.78, 5) is 35.5. The van der Waals surface area contributed by atoms with Gasteiger partial charge in [-0.3, -0.25) is 18.6 Å². The zero-order valence-corrected chi connectivity index (χ0v) is 49.9. The van der Waals surface area contributed by atoms with Crippen LogP contribution in [0.4, 0.5) is 0 Å². The maximum Gasteiger partial charge on any atom is 0.472 e. The number of quaternary nitrogens is 1. The summed E-state index contributed by atoms with van der Waals surface area (Å²) in [5, 5.41) is 0. The summed E-state index contributed by atoms with van der Waals surface area (Å²) >= 11 is 0. The first-order valence-electron chi connectivity index (χ1n) is 28.5. The largest absolute Gasteiger partial charge is 0.472 e. The molecule has 1 N–H and O–H groups in total. The third-order valence-electron chi connectivity index (χ3n) is 10.7. The third-order valence-corrected chi connectivity index (χ3v) is 11.7. The number of nitrogens with zero attached hydrogens (tertiary/aromatic N) is 1. The molecule has 0 aliphatic heterocycles. The molecule has 0 saturated carbocycles. The molecule has 0 heterocycles. The van der Waals surface area contributed by atoms with Gasteiger partial charge in [0, 0.05) is 0 Å². The van der Waals surface area contributed by atoms with E-state index in [0.717, 1.165) is 96.3 Å². The predicted octanol–water partition coefficient (Wildman–Crippen LogP) is 18.3. The van der Waals surface area contributed by atoms with E-state index in [0.29, 0.717) is 23.9 Å². The molecule has 0 fully saturated rings. The molecule has 0 amide bonds. The molecule has 0 saturated heterocycles. The average Bonchev–Trinajstić information content (AvgIpc) is 3.41. The van der Waals surface area contributed by atoms with E-state index in [1.165, 1.54) is 0 Å². The molecule has 0 aliphatic rings. The van der Waals surface area contributed by atoms with Crippen LogP contribution in [-0.2, 0) is 32.7 Å². The molecular formula is C69H101NO8P+. The summed E-state index contributed by atoms with van der Waals surface area (Å²) in [5.74, 6) is -1.13. The van der Waals surface area contributed by atoms with Gasteiger partial charge in [-0.15, -0.1) is 0 Å². The summed E-state index contributed by atoms with van der Waals surface area (Å²) in [6.07, 6.45) is 94.8. The van der Waals surface area contributed by atoms with E-state index in [1.54, 1.807) is 12.2 Å². The summed E-state index contributed by atoms with van der Waals surface area (Å²) in [6.45, 7) is 3.70. The zero-order chi connectivity index (χ0) is 57.7. The summed E-state index contributed by atoms with van der Waals surface area (Å²) in [7, 11) is 1.33. The number of carbonyl (C=O) groups excluding carboxylic acids is 2. The Labute approximate surface area is 480 Å². The lowest BCUT2D eigenvalue weighted by molar-refractivity contribution is -0.870. The van der Waals surface area contributed by atoms with Gasteiger partial charge in [0.2, 0.25) is 0 Å². The molecule has 79 heavy (non-hydrogen) atoms. The maximum atomic E-state index is 12.7. The first-order valence-corrected chi connectivity index (χ1v) is 30.0. The van der Waals surface area contributed by atoms with Crippen LogP contribution >= 0.6 is 7.82 Å². The normalized spacial score (nSPS) is 15.0. The molecule has 0 aromatic heterocycles. The molecule has 9 nitrogen and oxygen atoms in total. The van der Waals surface area contributed by atoms with Crippen molar-refractivity contribution in [3.63, 3.8) is 0 Å². The molecule has 1 unspecified atom stereocenters. The van der Waals surface area contributed by atoms with Crippen LogP contribution in [0.1, 0.15) is 136 Å². The number of ether oxygens (including phenoxy) is 2. The second-order valence-electron chi connectivity index (χ2n) is 19.0. The van der Waals surface area contributed by atoms with Crippen LogP contribution in [-0.4, -0.2) is 74.9 Å². The molecule has 0 aromatic rings. The van der Waals surface area contributed by atoms with Crippen LogP contribution < -0.4 is 0 Å². The number of esters is 2. The van der Waals surface area contributed by atoms with Gasteiger partial charge in [0.1, 0.15) is 19.8 Å². The van der Waals surface area contributed by atoms with Gasteiger partial charge in [0.05, 0.1) is 40.6 Å². The highest BCUT2D eigenvalue weighted by Crippen LogP contribution is 2.43. The highest BCUT2D eigenvalue weighted by atomic mass is 31.2. The van der Waals surface area contributed by atoms with Crippen molar-refractivity contribution in [2.24, 2.45) is 0 Å². The lowest BCUT2D eigenvalue weighted by atomic mass is 10.2. The summed E-state index contributed by atoms with van der Waals surface area (Å²) < 4.78 is 34.2. The SMILES string of the molecule is CC=CCC=CCC=CCC=CCC=CCC=CCC=CCC=CCC=CCC=CCC(=O)OC[C@H](COP(=O)(O)OCC[N+](C)(C)C)OC(=O)CC=CCC=CCC=CCC=CCC=CCC=CCC=CCC=CCC=CC. The zero-order valence-electron chi connectivity index (χ0n) is 49.0. The minimum atomic E-state index is -4.45. The molecule has 2 atom stereocenters. The number of rotatable bonds is 48. The minimum Gasteiger partial charge on any atom is -0.461 e. The minimum absolute atomic E-state index is 0.0147. The Balaban J connectivity index is 4.53. The maximum absolute atomic E-state index is 12.7. The number of phosphoric acid groups is 1. The van der Waals surface area contributed by atoms with Gasteiger partial charge in [-0.1, -0.05) is 231 Å². The number of phosphoric ester groups is 1. The fourth-order valence-corrected chi connectivity index (χ4v) is 7.03. The Bertz CT molecular complexity index is 2170. The van der Waals surface area contributed by atoms with E-state index in [1.807, 2.05) is 59.3 Å². The highest BCUT2D eigenvalue weighted by Gasteiger charge is 2.26. The second kappa shape index (κ2) is 56.8. The number of likely N-dealkylation sites (N-methyl/N-ethyl adjacent to an activating group) is 1. The topological polar surface area (TPSA) is 108 Å². The molecule has 0 aromatic carbocycles. The van der Waals surface area contributed by atoms with E-state index in [-0.39, 0.29) is 26.1 Å². The smallest absolute Gasteiger partial charge is 0.461 e. The van der Waals surface area contributed by atoms with Gasteiger partial charge in [-0.25, -0.2) is 4.57 Å². The van der Waals surface area contributed by atoms with Gasteiger partial charge in [-0.05, 0) is 123 Å². The number of carbonyl (C=O) groups is 2. The molecule has 0 radical (unpaired) electrons. The molecular weight excluding hydrogens is 1000 g/mol. The third kappa shape index (κ3) is 61.1. The van der Waals surface area contributed by atoms with Crippen LogP contribution in [0.15, 0.2) is 231 Å². The van der Waals surface area contributed by atoms with Crippen LogP contribution in [0, 0.1) is 0 Å². The van der Waals surface area contributed by atoms with Crippen molar-refractivity contribution >= 4 is 19.8 Å². The Kier molecular flexibility index (Phi) is 52.5. The lowest BCUT2D eigenvalue weighted by Gasteiger charge is -2.24. The first-order chi connectivity index (χ1) is 38.5. The Hall–Kier alpha value is -5.93. The predicted molar refractivity (Wildman–Crippen MR) is 338 cm³/mol. The van der Waals surface area contributed by atoms with Gasteiger partial charge < -0.3 is 18.9 Å². The van der Waals surface area contributed by atoms with E-state index < -0.39 is 32.5 Å². The number of hydrogen-bond donors (Lipinski definition) is 1. The first kappa shape index (κ1) is 73.1.